The van der Waals surface area contributed by atoms with Gasteiger partial charge in [-0.2, -0.15) is 13.2 Å². The lowest BCUT2D eigenvalue weighted by atomic mass is 10.1. The number of anilines is 1. The SMILES string of the molecule is CCc1oc(C(=O)Nc2cccc(C(F)(F)F)c2C)cc1C(=O)O. The molecule has 0 unspecified atom stereocenters. The lowest BCUT2D eigenvalue weighted by Gasteiger charge is -2.14. The van der Waals surface area contributed by atoms with E-state index in [1.165, 1.54) is 19.1 Å². The third kappa shape index (κ3) is 3.42. The van der Waals surface area contributed by atoms with Crippen molar-refractivity contribution in [3.8, 4) is 0 Å². The summed E-state index contributed by atoms with van der Waals surface area (Å²) in [4.78, 5) is 23.2. The minimum Gasteiger partial charge on any atom is -0.478 e. The maximum atomic E-state index is 12.9. The summed E-state index contributed by atoms with van der Waals surface area (Å²) < 4.78 is 43.8. The van der Waals surface area contributed by atoms with E-state index in [1.807, 2.05) is 0 Å². The van der Waals surface area contributed by atoms with Crippen LogP contribution in [0.5, 0.6) is 0 Å². The maximum Gasteiger partial charge on any atom is 0.416 e. The zero-order valence-corrected chi connectivity index (χ0v) is 12.8. The molecule has 8 heteroatoms. The molecule has 1 aromatic carbocycles. The van der Waals surface area contributed by atoms with Gasteiger partial charge in [0, 0.05) is 18.2 Å². The minimum absolute atomic E-state index is 0.0267. The van der Waals surface area contributed by atoms with Gasteiger partial charge in [-0.3, -0.25) is 4.79 Å². The van der Waals surface area contributed by atoms with Crippen LogP contribution in [0.15, 0.2) is 28.7 Å². The number of furan rings is 1. The van der Waals surface area contributed by atoms with Crippen LogP contribution in [0.25, 0.3) is 0 Å². The number of carboxylic acid groups (broad SMARTS) is 1. The third-order valence-electron chi connectivity index (χ3n) is 3.47. The number of hydrogen-bond donors (Lipinski definition) is 2. The molecule has 2 N–H and O–H groups in total. The van der Waals surface area contributed by atoms with E-state index in [0.717, 1.165) is 12.1 Å². The first-order valence-corrected chi connectivity index (χ1v) is 6.99. The number of amides is 1. The molecule has 1 heterocycles. The molecule has 0 saturated heterocycles. The van der Waals surface area contributed by atoms with E-state index in [-0.39, 0.29) is 34.8 Å². The van der Waals surface area contributed by atoms with Crippen LogP contribution in [0.1, 0.15) is 44.7 Å². The fraction of sp³-hybridized carbons (Fsp3) is 0.250. The monoisotopic (exact) mass is 341 g/mol. The summed E-state index contributed by atoms with van der Waals surface area (Å²) in [6, 6.07) is 4.47. The second kappa shape index (κ2) is 6.38. The second-order valence-electron chi connectivity index (χ2n) is 5.04. The Balaban J connectivity index is 2.33. The molecular weight excluding hydrogens is 327 g/mol. The molecule has 0 aliphatic heterocycles. The Morgan fingerprint density at radius 1 is 1.29 bits per heavy atom. The summed E-state index contributed by atoms with van der Waals surface area (Å²) in [5, 5.41) is 11.4. The van der Waals surface area contributed by atoms with E-state index in [9.17, 15) is 22.8 Å². The first-order chi connectivity index (χ1) is 11.1. The minimum atomic E-state index is -4.54. The average molecular weight is 341 g/mol. The third-order valence-corrected chi connectivity index (χ3v) is 3.47. The number of aromatic carboxylic acids is 1. The van der Waals surface area contributed by atoms with Crippen LogP contribution in [0.2, 0.25) is 0 Å². The van der Waals surface area contributed by atoms with Crippen molar-refractivity contribution in [2.75, 3.05) is 5.32 Å². The van der Waals surface area contributed by atoms with Gasteiger partial charge in [-0.25, -0.2) is 4.79 Å². The summed E-state index contributed by atoms with van der Waals surface area (Å²) in [5.41, 5.74) is -1.18. The summed E-state index contributed by atoms with van der Waals surface area (Å²) in [6.45, 7) is 2.89. The van der Waals surface area contributed by atoms with Crippen LogP contribution >= 0.6 is 0 Å². The van der Waals surface area contributed by atoms with Gasteiger partial charge in [0.25, 0.3) is 5.91 Å². The van der Waals surface area contributed by atoms with Crippen LogP contribution < -0.4 is 5.32 Å². The van der Waals surface area contributed by atoms with Crippen molar-refractivity contribution in [2.45, 2.75) is 26.4 Å². The highest BCUT2D eigenvalue weighted by Crippen LogP contribution is 2.34. The highest BCUT2D eigenvalue weighted by molar-refractivity contribution is 6.04. The predicted octanol–water partition coefficient (Wildman–Crippen LogP) is 4.12. The van der Waals surface area contributed by atoms with Gasteiger partial charge in [0.1, 0.15) is 11.3 Å². The van der Waals surface area contributed by atoms with Gasteiger partial charge in [-0.05, 0) is 24.6 Å². The molecule has 1 aromatic heterocycles. The fourth-order valence-corrected chi connectivity index (χ4v) is 2.25. The van der Waals surface area contributed by atoms with Crippen molar-refractivity contribution in [3.05, 3.63) is 52.5 Å². The number of hydrogen-bond acceptors (Lipinski definition) is 3. The first kappa shape index (κ1) is 17.6. The van der Waals surface area contributed by atoms with Crippen LogP contribution in [0.4, 0.5) is 18.9 Å². The van der Waals surface area contributed by atoms with Crippen LogP contribution in [0.3, 0.4) is 0 Å². The number of rotatable bonds is 4. The van der Waals surface area contributed by atoms with Crippen LogP contribution in [0, 0.1) is 6.92 Å². The molecule has 24 heavy (non-hydrogen) atoms. The van der Waals surface area contributed by atoms with Crippen LogP contribution in [-0.4, -0.2) is 17.0 Å². The number of nitrogens with one attached hydrogen (secondary N) is 1. The van der Waals surface area contributed by atoms with Crippen molar-refractivity contribution in [2.24, 2.45) is 0 Å². The number of carbonyl (C=O) groups is 2. The second-order valence-corrected chi connectivity index (χ2v) is 5.04. The van der Waals surface area contributed by atoms with Crippen molar-refractivity contribution < 1.29 is 32.3 Å². The maximum absolute atomic E-state index is 12.9. The van der Waals surface area contributed by atoms with E-state index in [0.29, 0.717) is 0 Å². The smallest absolute Gasteiger partial charge is 0.416 e. The summed E-state index contributed by atoms with van der Waals surface area (Å²) in [5.74, 6) is -2.22. The number of aryl methyl sites for hydroxylation is 1. The molecule has 128 valence electrons. The molecule has 0 radical (unpaired) electrons. The molecule has 0 aliphatic rings. The molecule has 0 atom stereocenters. The zero-order chi connectivity index (χ0) is 18.1. The Bertz CT molecular complexity index is 793. The van der Waals surface area contributed by atoms with Crippen molar-refractivity contribution in [3.63, 3.8) is 0 Å². The largest absolute Gasteiger partial charge is 0.478 e. The Labute approximate surface area is 135 Å². The van der Waals surface area contributed by atoms with Gasteiger partial charge in [0.2, 0.25) is 0 Å². The number of carboxylic acids is 1. The van der Waals surface area contributed by atoms with Gasteiger partial charge in [0.05, 0.1) is 5.56 Å². The lowest BCUT2D eigenvalue weighted by molar-refractivity contribution is -0.138. The van der Waals surface area contributed by atoms with Gasteiger partial charge in [0.15, 0.2) is 5.76 Å². The number of carbonyl (C=O) groups excluding carboxylic acids is 1. The van der Waals surface area contributed by atoms with Crippen molar-refractivity contribution >= 4 is 17.6 Å². The van der Waals surface area contributed by atoms with Crippen molar-refractivity contribution in [1.29, 1.82) is 0 Å². The van der Waals surface area contributed by atoms with E-state index in [2.05, 4.69) is 5.32 Å². The summed E-state index contributed by atoms with van der Waals surface area (Å²) >= 11 is 0. The molecule has 0 fully saturated rings. The van der Waals surface area contributed by atoms with Crippen molar-refractivity contribution in [1.82, 2.24) is 0 Å². The predicted molar refractivity (Wildman–Crippen MR) is 79.2 cm³/mol. The molecule has 5 nitrogen and oxygen atoms in total. The normalized spacial score (nSPS) is 11.4. The molecule has 1 amide bonds. The van der Waals surface area contributed by atoms with E-state index < -0.39 is 23.6 Å². The highest BCUT2D eigenvalue weighted by atomic mass is 19.4. The van der Waals surface area contributed by atoms with Gasteiger partial charge in [-0.1, -0.05) is 13.0 Å². The van der Waals surface area contributed by atoms with E-state index in [1.54, 1.807) is 6.92 Å². The van der Waals surface area contributed by atoms with E-state index >= 15 is 0 Å². The molecule has 0 aliphatic carbocycles. The fourth-order valence-electron chi connectivity index (χ4n) is 2.25. The first-order valence-electron chi connectivity index (χ1n) is 6.99. The Morgan fingerprint density at radius 2 is 1.96 bits per heavy atom. The Hall–Kier alpha value is -2.77. The topological polar surface area (TPSA) is 79.5 Å². The number of halogens is 3. The quantitative estimate of drug-likeness (QED) is 0.877. The number of benzene rings is 1. The molecule has 0 spiro atoms. The zero-order valence-electron chi connectivity index (χ0n) is 12.8. The molecule has 0 bridgehead atoms. The Morgan fingerprint density at radius 3 is 2.46 bits per heavy atom. The summed E-state index contributed by atoms with van der Waals surface area (Å²) in [6.07, 6.45) is -4.28. The highest BCUT2D eigenvalue weighted by Gasteiger charge is 2.33. The van der Waals surface area contributed by atoms with E-state index in [4.69, 9.17) is 9.52 Å². The number of alkyl halides is 3. The summed E-state index contributed by atoms with van der Waals surface area (Å²) in [7, 11) is 0. The van der Waals surface area contributed by atoms with Gasteiger partial charge in [-0.15, -0.1) is 0 Å². The van der Waals surface area contributed by atoms with Crippen LogP contribution in [-0.2, 0) is 12.6 Å². The average Bonchev–Trinajstić information content (AvgIpc) is 2.92. The molecule has 0 saturated carbocycles. The lowest BCUT2D eigenvalue weighted by Crippen LogP contribution is -2.14. The van der Waals surface area contributed by atoms with Gasteiger partial charge < -0.3 is 14.8 Å². The molecule has 2 aromatic rings. The molecule has 2 rings (SSSR count). The Kier molecular flexibility index (Phi) is 4.68. The standard InChI is InChI=1S/C16H14F3NO4/c1-3-12-9(15(22)23)7-13(24-12)14(21)20-11-6-4-5-10(8(11)2)16(17,18)19/h4-7H,3H2,1-2H3,(H,20,21)(H,22,23). The molecular formula is C16H14F3NO4. The van der Waals surface area contributed by atoms with Gasteiger partial charge >= 0.3 is 12.1 Å².